The van der Waals surface area contributed by atoms with E-state index in [1.807, 2.05) is 18.2 Å². The van der Waals surface area contributed by atoms with Crippen LogP contribution in [0.2, 0.25) is 0 Å². The van der Waals surface area contributed by atoms with Crippen molar-refractivity contribution in [2.75, 3.05) is 0 Å². The fraction of sp³-hybridized carbons (Fsp3) is 0.300. The summed E-state index contributed by atoms with van der Waals surface area (Å²) in [5, 5.41) is 2.94. The number of halogens is 2. The average molecular weight is 319 g/mol. The molecule has 1 amide bonds. The average Bonchev–Trinajstić information content (AvgIpc) is 2.57. The Morgan fingerprint density at radius 3 is 2.64 bits per heavy atom. The molecule has 1 N–H and O–H groups in total. The van der Waals surface area contributed by atoms with E-state index in [9.17, 15) is 4.79 Å². The van der Waals surface area contributed by atoms with Crippen LogP contribution in [0.4, 0.5) is 0 Å². The molecule has 4 heteroatoms. The molecule has 1 aromatic carbocycles. The van der Waals surface area contributed by atoms with Crippen molar-refractivity contribution in [1.29, 1.82) is 0 Å². The van der Waals surface area contributed by atoms with Gasteiger partial charge in [-0.1, -0.05) is 6.07 Å². The summed E-state index contributed by atoms with van der Waals surface area (Å²) in [4.78, 5) is 11.0. The van der Waals surface area contributed by atoms with Crippen LogP contribution in [-0.4, -0.2) is 5.91 Å². The Labute approximate surface area is 99.3 Å². The molecule has 1 saturated heterocycles. The van der Waals surface area contributed by atoms with Gasteiger partial charge in [0.2, 0.25) is 5.91 Å². The maximum Gasteiger partial charge on any atom is 0.220 e. The molecule has 1 aliphatic heterocycles. The van der Waals surface area contributed by atoms with Gasteiger partial charge in [-0.15, -0.1) is 0 Å². The van der Waals surface area contributed by atoms with Gasteiger partial charge in [-0.25, -0.2) is 0 Å². The maximum atomic E-state index is 11.0. The zero-order chi connectivity index (χ0) is 10.1. The minimum absolute atomic E-state index is 0.147. The smallest absolute Gasteiger partial charge is 0.220 e. The van der Waals surface area contributed by atoms with Gasteiger partial charge in [0.05, 0.1) is 6.04 Å². The molecular weight excluding hydrogens is 310 g/mol. The zero-order valence-corrected chi connectivity index (χ0v) is 10.6. The number of rotatable bonds is 1. The van der Waals surface area contributed by atoms with Crippen LogP contribution in [-0.2, 0) is 4.79 Å². The summed E-state index contributed by atoms with van der Waals surface area (Å²) in [6, 6.07) is 6.25. The third-order valence-electron chi connectivity index (χ3n) is 2.34. The second-order valence-electron chi connectivity index (χ2n) is 3.33. The van der Waals surface area contributed by atoms with Crippen molar-refractivity contribution in [2.45, 2.75) is 18.9 Å². The second kappa shape index (κ2) is 4.03. The molecule has 0 unspecified atom stereocenters. The lowest BCUT2D eigenvalue weighted by molar-refractivity contribution is -0.119. The highest BCUT2D eigenvalue weighted by molar-refractivity contribution is 9.13. The van der Waals surface area contributed by atoms with Gasteiger partial charge in [0, 0.05) is 15.4 Å². The molecule has 0 spiro atoms. The molecule has 14 heavy (non-hydrogen) atoms. The first kappa shape index (κ1) is 10.2. The van der Waals surface area contributed by atoms with E-state index in [0.717, 1.165) is 20.9 Å². The standard InChI is InChI=1S/C10H9Br2NO/c11-7-2-1-6(5-8(7)12)9-3-4-10(14)13-9/h1-2,5,9H,3-4H2,(H,13,14)/t9-/m0/s1. The van der Waals surface area contributed by atoms with Gasteiger partial charge < -0.3 is 5.32 Å². The van der Waals surface area contributed by atoms with E-state index in [4.69, 9.17) is 0 Å². The number of hydrogen-bond acceptors (Lipinski definition) is 1. The molecule has 0 saturated carbocycles. The molecule has 74 valence electrons. The van der Waals surface area contributed by atoms with Gasteiger partial charge in [0.1, 0.15) is 0 Å². The van der Waals surface area contributed by atoms with E-state index in [1.165, 1.54) is 0 Å². The quantitative estimate of drug-likeness (QED) is 0.846. The molecule has 0 aromatic heterocycles. The third kappa shape index (κ3) is 2.01. The van der Waals surface area contributed by atoms with E-state index >= 15 is 0 Å². The van der Waals surface area contributed by atoms with Crippen molar-refractivity contribution in [3.63, 3.8) is 0 Å². The number of hydrogen-bond donors (Lipinski definition) is 1. The Morgan fingerprint density at radius 2 is 2.07 bits per heavy atom. The van der Waals surface area contributed by atoms with E-state index in [2.05, 4.69) is 37.2 Å². The first-order valence-corrected chi connectivity index (χ1v) is 6.00. The van der Waals surface area contributed by atoms with Crippen LogP contribution in [0.3, 0.4) is 0 Å². The van der Waals surface area contributed by atoms with E-state index in [1.54, 1.807) is 0 Å². The van der Waals surface area contributed by atoms with Crippen LogP contribution in [0.1, 0.15) is 24.4 Å². The fourth-order valence-electron chi connectivity index (χ4n) is 1.59. The zero-order valence-electron chi connectivity index (χ0n) is 7.39. The van der Waals surface area contributed by atoms with Gasteiger partial charge in [0.15, 0.2) is 0 Å². The molecule has 0 radical (unpaired) electrons. The molecule has 2 nitrogen and oxygen atoms in total. The highest BCUT2D eigenvalue weighted by atomic mass is 79.9. The van der Waals surface area contributed by atoms with Crippen molar-refractivity contribution >= 4 is 37.8 Å². The summed E-state index contributed by atoms with van der Waals surface area (Å²) in [6.45, 7) is 0. The molecule has 1 heterocycles. The van der Waals surface area contributed by atoms with Gasteiger partial charge in [-0.2, -0.15) is 0 Å². The van der Waals surface area contributed by atoms with Crippen LogP contribution < -0.4 is 5.32 Å². The molecule has 1 aromatic rings. The molecule has 1 fully saturated rings. The number of carbonyl (C=O) groups excluding carboxylic acids is 1. The summed E-state index contributed by atoms with van der Waals surface area (Å²) in [7, 11) is 0. The Hall–Kier alpha value is -0.350. The van der Waals surface area contributed by atoms with Crippen molar-refractivity contribution in [2.24, 2.45) is 0 Å². The topological polar surface area (TPSA) is 29.1 Å². The normalized spacial score (nSPS) is 21.0. The van der Waals surface area contributed by atoms with Crippen LogP contribution in [0.25, 0.3) is 0 Å². The number of amides is 1. The summed E-state index contributed by atoms with van der Waals surface area (Å²) < 4.78 is 2.06. The Kier molecular flexibility index (Phi) is 2.93. The summed E-state index contributed by atoms with van der Waals surface area (Å²) in [6.07, 6.45) is 1.53. The monoisotopic (exact) mass is 317 g/mol. The Balaban J connectivity index is 2.24. The van der Waals surface area contributed by atoms with Gasteiger partial charge in [0.25, 0.3) is 0 Å². The minimum Gasteiger partial charge on any atom is -0.349 e. The van der Waals surface area contributed by atoms with Crippen LogP contribution >= 0.6 is 31.9 Å². The van der Waals surface area contributed by atoms with Crippen LogP contribution in [0.15, 0.2) is 27.1 Å². The number of nitrogens with one attached hydrogen (secondary N) is 1. The summed E-state index contributed by atoms with van der Waals surface area (Å²) >= 11 is 6.86. The molecular formula is C10H9Br2NO. The van der Waals surface area contributed by atoms with Gasteiger partial charge in [-0.3, -0.25) is 4.79 Å². The molecule has 0 aliphatic carbocycles. The SMILES string of the molecule is O=C1CC[C@@H](c2ccc(Br)c(Br)c2)N1. The molecule has 1 aliphatic rings. The van der Waals surface area contributed by atoms with Crippen molar-refractivity contribution in [3.05, 3.63) is 32.7 Å². The Morgan fingerprint density at radius 1 is 1.29 bits per heavy atom. The van der Waals surface area contributed by atoms with Crippen molar-refractivity contribution in [1.82, 2.24) is 5.32 Å². The lowest BCUT2D eigenvalue weighted by Crippen LogP contribution is -2.18. The first-order valence-electron chi connectivity index (χ1n) is 4.41. The minimum atomic E-state index is 0.147. The third-order valence-corrected chi connectivity index (χ3v) is 4.22. The maximum absolute atomic E-state index is 11.0. The number of carbonyl (C=O) groups is 1. The largest absolute Gasteiger partial charge is 0.349 e. The lowest BCUT2D eigenvalue weighted by Gasteiger charge is -2.10. The van der Waals surface area contributed by atoms with Crippen molar-refractivity contribution in [3.8, 4) is 0 Å². The predicted molar refractivity (Wildman–Crippen MR) is 62.0 cm³/mol. The second-order valence-corrected chi connectivity index (χ2v) is 5.04. The molecule has 0 bridgehead atoms. The summed E-state index contributed by atoms with van der Waals surface area (Å²) in [5.41, 5.74) is 1.16. The van der Waals surface area contributed by atoms with Gasteiger partial charge in [-0.05, 0) is 56.0 Å². The van der Waals surface area contributed by atoms with E-state index in [-0.39, 0.29) is 11.9 Å². The van der Waals surface area contributed by atoms with E-state index < -0.39 is 0 Å². The van der Waals surface area contributed by atoms with Gasteiger partial charge >= 0.3 is 0 Å². The molecule has 1 atom stereocenters. The van der Waals surface area contributed by atoms with Crippen molar-refractivity contribution < 1.29 is 4.79 Å². The van der Waals surface area contributed by atoms with Crippen LogP contribution in [0, 0.1) is 0 Å². The molecule has 2 rings (SSSR count). The fourth-order valence-corrected chi connectivity index (χ4v) is 2.24. The lowest BCUT2D eigenvalue weighted by atomic mass is 10.1. The predicted octanol–water partition coefficient (Wildman–Crippen LogP) is 3.16. The summed E-state index contributed by atoms with van der Waals surface area (Å²) in [5.74, 6) is 0.147. The highest BCUT2D eigenvalue weighted by Gasteiger charge is 2.22. The Bertz CT molecular complexity index is 378. The highest BCUT2D eigenvalue weighted by Crippen LogP contribution is 2.29. The van der Waals surface area contributed by atoms with Crippen LogP contribution in [0.5, 0.6) is 0 Å². The van der Waals surface area contributed by atoms with E-state index in [0.29, 0.717) is 6.42 Å². The number of benzene rings is 1. The first-order chi connectivity index (χ1) is 6.66.